The molecule has 3 aromatic rings. The van der Waals surface area contributed by atoms with Gasteiger partial charge < -0.3 is 14.8 Å². The van der Waals surface area contributed by atoms with Crippen LogP contribution in [0.3, 0.4) is 0 Å². The first-order chi connectivity index (χ1) is 14.8. The average molecular weight is 400 g/mol. The van der Waals surface area contributed by atoms with Gasteiger partial charge in [-0.2, -0.15) is 0 Å². The number of nitrogens with zero attached hydrogens (tertiary/aromatic N) is 1. The summed E-state index contributed by atoms with van der Waals surface area (Å²) in [6, 6.07) is 24.6. The number of hydrogen-bond acceptors (Lipinski definition) is 4. The number of hydrogen-bond donors (Lipinski definition) is 1. The Bertz CT molecular complexity index is 1050. The summed E-state index contributed by atoms with van der Waals surface area (Å²) >= 11 is 0. The molecule has 1 amide bonds. The lowest BCUT2D eigenvalue weighted by Gasteiger charge is -2.34. The maximum atomic E-state index is 12.8. The maximum absolute atomic E-state index is 12.8. The molecular formula is C25H24N2O3. The van der Waals surface area contributed by atoms with Gasteiger partial charge in [-0.15, -0.1) is 0 Å². The third-order valence-electron chi connectivity index (χ3n) is 5.66. The summed E-state index contributed by atoms with van der Waals surface area (Å²) in [5.74, 6) is 1.63. The van der Waals surface area contributed by atoms with Gasteiger partial charge in [-0.05, 0) is 28.8 Å². The van der Waals surface area contributed by atoms with Crippen molar-refractivity contribution in [3.05, 3.63) is 89.5 Å². The zero-order valence-corrected chi connectivity index (χ0v) is 16.7. The van der Waals surface area contributed by atoms with Gasteiger partial charge in [-0.3, -0.25) is 9.69 Å². The van der Waals surface area contributed by atoms with Crippen LogP contribution in [0.1, 0.15) is 22.6 Å². The quantitative estimate of drug-likeness (QED) is 0.718. The van der Waals surface area contributed by atoms with Gasteiger partial charge in [0.1, 0.15) is 13.2 Å². The summed E-state index contributed by atoms with van der Waals surface area (Å²) < 4.78 is 11.2. The first kappa shape index (κ1) is 18.7. The van der Waals surface area contributed by atoms with E-state index in [2.05, 4.69) is 58.7 Å². The highest BCUT2D eigenvalue weighted by atomic mass is 16.6. The minimum Gasteiger partial charge on any atom is -0.486 e. The average Bonchev–Trinajstić information content (AvgIpc) is 2.79. The SMILES string of the molecule is O=C(CN1Cc2ccccc2C(c2ccccc2)C1)Nc1ccc2c(c1)OCCO2. The molecule has 30 heavy (non-hydrogen) atoms. The Kier molecular flexibility index (Phi) is 5.11. The molecule has 0 saturated heterocycles. The summed E-state index contributed by atoms with van der Waals surface area (Å²) in [4.78, 5) is 15.0. The van der Waals surface area contributed by atoms with Gasteiger partial charge in [0.05, 0.1) is 6.54 Å². The Balaban J connectivity index is 1.31. The number of nitrogens with one attached hydrogen (secondary N) is 1. The zero-order valence-electron chi connectivity index (χ0n) is 16.7. The molecule has 5 rings (SSSR count). The van der Waals surface area contributed by atoms with E-state index in [-0.39, 0.29) is 11.8 Å². The number of benzene rings is 3. The van der Waals surface area contributed by atoms with E-state index >= 15 is 0 Å². The smallest absolute Gasteiger partial charge is 0.238 e. The van der Waals surface area contributed by atoms with Crippen molar-refractivity contribution in [1.29, 1.82) is 0 Å². The van der Waals surface area contributed by atoms with Crippen molar-refractivity contribution in [3.63, 3.8) is 0 Å². The highest BCUT2D eigenvalue weighted by molar-refractivity contribution is 5.92. The van der Waals surface area contributed by atoms with Crippen LogP contribution in [0.4, 0.5) is 5.69 Å². The Labute approximate surface area is 176 Å². The Morgan fingerprint density at radius 3 is 2.57 bits per heavy atom. The van der Waals surface area contributed by atoms with Crippen LogP contribution < -0.4 is 14.8 Å². The molecular weight excluding hydrogens is 376 g/mol. The third-order valence-corrected chi connectivity index (χ3v) is 5.66. The minimum absolute atomic E-state index is 0.0297. The fraction of sp³-hybridized carbons (Fsp3) is 0.240. The second kappa shape index (κ2) is 8.20. The van der Waals surface area contributed by atoms with Gasteiger partial charge in [-0.25, -0.2) is 0 Å². The molecule has 2 aliphatic rings. The van der Waals surface area contributed by atoms with Gasteiger partial charge in [0.25, 0.3) is 0 Å². The summed E-state index contributed by atoms with van der Waals surface area (Å²) in [5, 5.41) is 3.00. The monoisotopic (exact) mass is 400 g/mol. The molecule has 0 bridgehead atoms. The second-order valence-corrected chi connectivity index (χ2v) is 7.74. The fourth-order valence-corrected chi connectivity index (χ4v) is 4.30. The van der Waals surface area contributed by atoms with E-state index in [1.807, 2.05) is 24.3 Å². The van der Waals surface area contributed by atoms with Crippen molar-refractivity contribution in [2.24, 2.45) is 0 Å². The van der Waals surface area contributed by atoms with Crippen LogP contribution in [0.15, 0.2) is 72.8 Å². The molecule has 1 N–H and O–H groups in total. The summed E-state index contributed by atoms with van der Waals surface area (Å²) in [6.07, 6.45) is 0. The van der Waals surface area contributed by atoms with Crippen molar-refractivity contribution < 1.29 is 14.3 Å². The third kappa shape index (κ3) is 3.89. The number of rotatable bonds is 4. The topological polar surface area (TPSA) is 50.8 Å². The lowest BCUT2D eigenvalue weighted by Crippen LogP contribution is -2.39. The molecule has 0 aromatic heterocycles. The first-order valence-electron chi connectivity index (χ1n) is 10.3. The highest BCUT2D eigenvalue weighted by Crippen LogP contribution is 2.34. The van der Waals surface area contributed by atoms with Gasteiger partial charge in [0.15, 0.2) is 11.5 Å². The van der Waals surface area contributed by atoms with E-state index in [4.69, 9.17) is 9.47 Å². The number of carbonyl (C=O) groups excluding carboxylic acids is 1. The van der Waals surface area contributed by atoms with E-state index in [1.165, 1.54) is 16.7 Å². The van der Waals surface area contributed by atoms with E-state index < -0.39 is 0 Å². The molecule has 0 radical (unpaired) electrons. The number of anilines is 1. The van der Waals surface area contributed by atoms with Crippen LogP contribution in [-0.2, 0) is 11.3 Å². The van der Waals surface area contributed by atoms with Crippen molar-refractivity contribution in [2.45, 2.75) is 12.5 Å². The highest BCUT2D eigenvalue weighted by Gasteiger charge is 2.27. The van der Waals surface area contributed by atoms with Crippen molar-refractivity contribution >= 4 is 11.6 Å². The Hall–Kier alpha value is -3.31. The number of fused-ring (bicyclic) bond motifs is 2. The fourth-order valence-electron chi connectivity index (χ4n) is 4.30. The molecule has 2 heterocycles. The molecule has 2 aliphatic heterocycles. The predicted molar refractivity (Wildman–Crippen MR) is 116 cm³/mol. The normalized spacial score (nSPS) is 17.8. The number of ether oxygens (including phenoxy) is 2. The molecule has 5 nitrogen and oxygen atoms in total. The molecule has 0 saturated carbocycles. The van der Waals surface area contributed by atoms with Gasteiger partial charge in [-0.1, -0.05) is 54.6 Å². The molecule has 0 aliphatic carbocycles. The van der Waals surface area contributed by atoms with Crippen molar-refractivity contribution in [1.82, 2.24) is 4.90 Å². The summed E-state index contributed by atoms with van der Waals surface area (Å²) in [5.41, 5.74) is 4.64. The Morgan fingerprint density at radius 2 is 1.70 bits per heavy atom. The molecule has 0 fully saturated rings. The molecule has 3 aromatic carbocycles. The molecule has 1 atom stereocenters. The van der Waals surface area contributed by atoms with Gasteiger partial charge >= 0.3 is 0 Å². The predicted octanol–water partition coefficient (Wildman–Crippen LogP) is 4.04. The van der Waals surface area contributed by atoms with Gasteiger partial charge in [0.2, 0.25) is 5.91 Å². The first-order valence-corrected chi connectivity index (χ1v) is 10.3. The number of carbonyl (C=O) groups is 1. The molecule has 5 heteroatoms. The van der Waals surface area contributed by atoms with Crippen LogP contribution in [0.25, 0.3) is 0 Å². The minimum atomic E-state index is -0.0297. The zero-order chi connectivity index (χ0) is 20.3. The second-order valence-electron chi connectivity index (χ2n) is 7.74. The van der Waals surface area contributed by atoms with Crippen LogP contribution in [-0.4, -0.2) is 37.1 Å². The largest absolute Gasteiger partial charge is 0.486 e. The van der Waals surface area contributed by atoms with E-state index in [0.29, 0.717) is 25.5 Å². The number of amides is 1. The van der Waals surface area contributed by atoms with E-state index in [9.17, 15) is 4.79 Å². The van der Waals surface area contributed by atoms with E-state index in [0.717, 1.165) is 24.5 Å². The Morgan fingerprint density at radius 1 is 0.933 bits per heavy atom. The van der Waals surface area contributed by atoms with Crippen molar-refractivity contribution in [2.75, 3.05) is 31.6 Å². The van der Waals surface area contributed by atoms with Crippen LogP contribution in [0.5, 0.6) is 11.5 Å². The summed E-state index contributed by atoms with van der Waals surface area (Å²) in [7, 11) is 0. The molecule has 0 spiro atoms. The van der Waals surface area contributed by atoms with Crippen molar-refractivity contribution in [3.8, 4) is 11.5 Å². The molecule has 1 unspecified atom stereocenters. The van der Waals surface area contributed by atoms with Gasteiger partial charge in [0, 0.05) is 30.8 Å². The van der Waals surface area contributed by atoms with E-state index in [1.54, 1.807) is 0 Å². The molecule has 152 valence electrons. The lowest BCUT2D eigenvalue weighted by molar-refractivity contribution is -0.117. The van der Waals surface area contributed by atoms with Crippen LogP contribution in [0.2, 0.25) is 0 Å². The standard InChI is InChI=1S/C25H24N2O3/c28-25(26-20-10-11-23-24(14-20)30-13-12-29-23)17-27-15-19-8-4-5-9-21(19)22(16-27)18-6-2-1-3-7-18/h1-11,14,22H,12-13,15-17H2,(H,26,28). The van der Waals surface area contributed by atoms with Crippen LogP contribution >= 0.6 is 0 Å². The maximum Gasteiger partial charge on any atom is 0.238 e. The summed E-state index contributed by atoms with van der Waals surface area (Å²) in [6.45, 7) is 3.01. The lowest BCUT2D eigenvalue weighted by atomic mass is 9.84. The van der Waals surface area contributed by atoms with Crippen LogP contribution in [0, 0.1) is 0 Å².